The van der Waals surface area contributed by atoms with Gasteiger partial charge >= 0.3 is 0 Å². The number of halogens is 4. The van der Waals surface area contributed by atoms with Gasteiger partial charge in [0, 0.05) is 0 Å². The molecule has 0 aliphatic rings. The predicted molar refractivity (Wildman–Crippen MR) is 38.9 cm³/mol. The van der Waals surface area contributed by atoms with Gasteiger partial charge in [-0.15, -0.1) is 0 Å². The third kappa shape index (κ3) is 1.90. The summed E-state index contributed by atoms with van der Waals surface area (Å²) in [5.41, 5.74) is -1.24. The van der Waals surface area contributed by atoms with Gasteiger partial charge in [0.15, 0.2) is 11.0 Å². The summed E-state index contributed by atoms with van der Waals surface area (Å²) in [7, 11) is 0. The van der Waals surface area contributed by atoms with E-state index < -0.39 is 28.7 Å². The molecule has 13 heavy (non-hydrogen) atoms. The molecule has 0 saturated heterocycles. The van der Waals surface area contributed by atoms with E-state index in [-0.39, 0.29) is 0 Å². The Bertz CT molecular complexity index is 373. The fourth-order valence-electron chi connectivity index (χ4n) is 0.710. The first-order valence-electron chi connectivity index (χ1n) is 3.10. The fourth-order valence-corrected chi connectivity index (χ4v) is 0.910. The molecule has 0 aliphatic heterocycles. The number of alkyl halides is 2. The van der Waals surface area contributed by atoms with Crippen LogP contribution in [-0.2, 0) is 0 Å². The molecular weight excluding hydrogens is 205 g/mol. The summed E-state index contributed by atoms with van der Waals surface area (Å²) in [6.07, 6.45) is -2.87. The van der Waals surface area contributed by atoms with Crippen molar-refractivity contribution in [3.05, 3.63) is 28.3 Å². The predicted octanol–water partition coefficient (Wildman–Crippen LogP) is 2.68. The number of pyridine rings is 1. The lowest BCUT2D eigenvalue weighted by atomic mass is 10.2. The molecule has 1 aromatic rings. The Labute approximate surface area is 76.6 Å². The standard InChI is InChI=1S/C7H2ClF3N2/c8-6-5(9)3(2-12)1-4(13-6)7(10)11/h1,7H. The minimum atomic E-state index is -2.87. The van der Waals surface area contributed by atoms with Crippen LogP contribution in [0.5, 0.6) is 0 Å². The topological polar surface area (TPSA) is 36.7 Å². The average Bonchev–Trinajstić information content (AvgIpc) is 2.09. The van der Waals surface area contributed by atoms with Crippen molar-refractivity contribution in [1.82, 2.24) is 4.98 Å². The molecule has 0 amide bonds. The van der Waals surface area contributed by atoms with Crippen LogP contribution in [0.4, 0.5) is 13.2 Å². The highest BCUT2D eigenvalue weighted by atomic mass is 35.5. The lowest BCUT2D eigenvalue weighted by Crippen LogP contribution is -1.96. The molecule has 0 spiro atoms. The van der Waals surface area contributed by atoms with E-state index in [1.807, 2.05) is 0 Å². The summed E-state index contributed by atoms with van der Waals surface area (Å²) in [6.45, 7) is 0. The molecule has 0 saturated carbocycles. The van der Waals surface area contributed by atoms with Gasteiger partial charge in [-0.3, -0.25) is 0 Å². The minimum absolute atomic E-state index is 0.532. The van der Waals surface area contributed by atoms with Crippen LogP contribution in [0.1, 0.15) is 17.7 Å². The zero-order valence-corrected chi connectivity index (χ0v) is 6.82. The minimum Gasteiger partial charge on any atom is -0.232 e. The molecule has 0 atom stereocenters. The molecule has 0 aliphatic carbocycles. The zero-order valence-electron chi connectivity index (χ0n) is 6.06. The van der Waals surface area contributed by atoms with Gasteiger partial charge in [-0.25, -0.2) is 18.2 Å². The van der Waals surface area contributed by atoms with Crippen molar-refractivity contribution in [2.75, 3.05) is 0 Å². The molecule has 6 heteroatoms. The second-order valence-electron chi connectivity index (χ2n) is 2.11. The molecule has 0 N–H and O–H groups in total. The number of rotatable bonds is 1. The molecule has 1 aromatic heterocycles. The van der Waals surface area contributed by atoms with E-state index in [0.29, 0.717) is 6.07 Å². The Morgan fingerprint density at radius 2 is 2.15 bits per heavy atom. The number of hydrogen-bond donors (Lipinski definition) is 0. The van der Waals surface area contributed by atoms with Crippen molar-refractivity contribution in [2.24, 2.45) is 0 Å². The Morgan fingerprint density at radius 3 is 2.62 bits per heavy atom. The summed E-state index contributed by atoms with van der Waals surface area (Å²) >= 11 is 5.17. The van der Waals surface area contributed by atoms with Gasteiger partial charge in [0.2, 0.25) is 0 Å². The van der Waals surface area contributed by atoms with E-state index in [1.54, 1.807) is 0 Å². The number of nitrogens with zero attached hydrogens (tertiary/aromatic N) is 2. The van der Waals surface area contributed by atoms with E-state index in [4.69, 9.17) is 16.9 Å². The molecule has 1 heterocycles. The SMILES string of the molecule is N#Cc1cc(C(F)F)nc(Cl)c1F. The fraction of sp³-hybridized carbons (Fsp3) is 0.143. The first kappa shape index (κ1) is 9.81. The van der Waals surface area contributed by atoms with Crippen molar-refractivity contribution in [3.8, 4) is 6.07 Å². The monoisotopic (exact) mass is 206 g/mol. The smallest absolute Gasteiger partial charge is 0.232 e. The molecule has 0 aromatic carbocycles. The molecule has 0 radical (unpaired) electrons. The zero-order chi connectivity index (χ0) is 10.0. The molecule has 0 bridgehead atoms. The number of aromatic nitrogens is 1. The maximum Gasteiger partial charge on any atom is 0.280 e. The van der Waals surface area contributed by atoms with Crippen LogP contribution >= 0.6 is 11.6 Å². The lowest BCUT2D eigenvalue weighted by Gasteiger charge is -2.01. The summed E-state index contributed by atoms with van der Waals surface area (Å²) in [4.78, 5) is 3.07. The van der Waals surface area contributed by atoms with Crippen molar-refractivity contribution in [2.45, 2.75) is 6.43 Å². The van der Waals surface area contributed by atoms with Crippen LogP contribution in [-0.4, -0.2) is 4.98 Å². The summed E-state index contributed by atoms with van der Waals surface area (Å²) < 4.78 is 36.9. The first-order chi connectivity index (χ1) is 6.06. The number of hydrogen-bond acceptors (Lipinski definition) is 2. The first-order valence-corrected chi connectivity index (χ1v) is 3.48. The third-order valence-electron chi connectivity index (χ3n) is 1.28. The van der Waals surface area contributed by atoms with Crippen LogP contribution in [0.3, 0.4) is 0 Å². The summed E-state index contributed by atoms with van der Waals surface area (Å²) in [6, 6.07) is 2.07. The van der Waals surface area contributed by atoms with E-state index in [0.717, 1.165) is 0 Å². The maximum absolute atomic E-state index is 12.8. The molecule has 68 valence electrons. The van der Waals surface area contributed by atoms with Gasteiger partial charge in [-0.05, 0) is 6.07 Å². The van der Waals surface area contributed by atoms with Crippen LogP contribution in [0.2, 0.25) is 5.15 Å². The van der Waals surface area contributed by atoms with E-state index >= 15 is 0 Å². The van der Waals surface area contributed by atoms with Gasteiger partial charge in [0.05, 0.1) is 5.56 Å². The van der Waals surface area contributed by atoms with Crippen LogP contribution in [0.15, 0.2) is 6.07 Å². The second-order valence-corrected chi connectivity index (χ2v) is 2.47. The van der Waals surface area contributed by atoms with Crippen molar-refractivity contribution in [3.63, 3.8) is 0 Å². The molecule has 2 nitrogen and oxygen atoms in total. The highest BCUT2D eigenvalue weighted by Crippen LogP contribution is 2.23. The second kappa shape index (κ2) is 3.62. The van der Waals surface area contributed by atoms with Crippen molar-refractivity contribution >= 4 is 11.6 Å². The highest BCUT2D eigenvalue weighted by molar-refractivity contribution is 6.29. The normalized spacial score (nSPS) is 10.2. The van der Waals surface area contributed by atoms with Crippen molar-refractivity contribution < 1.29 is 13.2 Å². The average molecular weight is 207 g/mol. The van der Waals surface area contributed by atoms with E-state index in [9.17, 15) is 13.2 Å². The maximum atomic E-state index is 12.8. The van der Waals surface area contributed by atoms with Crippen LogP contribution in [0.25, 0.3) is 0 Å². The molecular formula is C7H2ClF3N2. The van der Waals surface area contributed by atoms with Gasteiger partial charge < -0.3 is 0 Å². The van der Waals surface area contributed by atoms with Gasteiger partial charge in [0.25, 0.3) is 6.43 Å². The summed E-state index contributed by atoms with van der Waals surface area (Å²) in [5, 5.41) is 7.61. The van der Waals surface area contributed by atoms with E-state index in [1.165, 1.54) is 6.07 Å². The number of nitriles is 1. The molecule has 0 fully saturated rings. The van der Waals surface area contributed by atoms with Crippen molar-refractivity contribution in [1.29, 1.82) is 5.26 Å². The van der Waals surface area contributed by atoms with Gasteiger partial charge in [0.1, 0.15) is 11.8 Å². The lowest BCUT2D eigenvalue weighted by molar-refractivity contribution is 0.146. The highest BCUT2D eigenvalue weighted by Gasteiger charge is 2.16. The van der Waals surface area contributed by atoms with Crippen LogP contribution in [0, 0.1) is 17.1 Å². The van der Waals surface area contributed by atoms with E-state index in [2.05, 4.69) is 4.98 Å². The Morgan fingerprint density at radius 1 is 1.54 bits per heavy atom. The third-order valence-corrected chi connectivity index (χ3v) is 1.53. The van der Waals surface area contributed by atoms with Crippen LogP contribution < -0.4 is 0 Å². The Kier molecular flexibility index (Phi) is 2.73. The quantitative estimate of drug-likeness (QED) is 0.663. The van der Waals surface area contributed by atoms with Gasteiger partial charge in [-0.1, -0.05) is 11.6 Å². The Balaban J connectivity index is 3.32. The largest absolute Gasteiger partial charge is 0.280 e. The summed E-state index contributed by atoms with van der Waals surface area (Å²) in [5.74, 6) is -1.08. The molecule has 0 unspecified atom stereocenters. The Hall–Kier alpha value is -1.28. The molecule has 1 rings (SSSR count). The van der Waals surface area contributed by atoms with Gasteiger partial charge in [-0.2, -0.15) is 5.26 Å².